The highest BCUT2D eigenvalue weighted by Gasteiger charge is 2.35. The number of piperidine rings is 1. The number of carboxylic acid groups (broad SMARTS) is 1. The molecule has 0 radical (unpaired) electrons. The minimum atomic E-state index is -3.88. The Kier molecular flexibility index (Phi) is 4.71. The Bertz CT molecular complexity index is 736. The maximum absolute atomic E-state index is 12.8. The first-order chi connectivity index (χ1) is 10.6. The first-order valence-corrected chi connectivity index (χ1v) is 8.57. The van der Waals surface area contributed by atoms with Gasteiger partial charge in [0.15, 0.2) is 0 Å². The van der Waals surface area contributed by atoms with Gasteiger partial charge in [0.2, 0.25) is 10.0 Å². The Labute approximate surface area is 133 Å². The van der Waals surface area contributed by atoms with E-state index in [1.54, 1.807) is 0 Å². The number of aryl methyl sites for hydroxylation is 2. The molecule has 1 N–H and O–H groups in total. The monoisotopic (exact) mass is 342 g/mol. The summed E-state index contributed by atoms with van der Waals surface area (Å²) in [6.07, 6.45) is 0.918. The number of nitro benzene ring substituents is 1. The van der Waals surface area contributed by atoms with Gasteiger partial charge < -0.3 is 5.11 Å². The second-order valence-electron chi connectivity index (χ2n) is 5.71. The van der Waals surface area contributed by atoms with Crippen LogP contribution in [0.4, 0.5) is 5.69 Å². The van der Waals surface area contributed by atoms with Crippen LogP contribution in [0.1, 0.15) is 24.0 Å². The SMILES string of the molecule is Cc1cc([N+](=O)[O-])cc(C)c1S(=O)(=O)N1CCCC(C(=O)O)C1. The number of carboxylic acids is 1. The van der Waals surface area contributed by atoms with Gasteiger partial charge in [-0.1, -0.05) is 0 Å². The van der Waals surface area contributed by atoms with Crippen LogP contribution in [0.2, 0.25) is 0 Å². The molecule has 0 aromatic heterocycles. The first kappa shape index (κ1) is 17.4. The molecule has 1 fully saturated rings. The summed E-state index contributed by atoms with van der Waals surface area (Å²) in [5, 5.41) is 20.0. The van der Waals surface area contributed by atoms with Crippen molar-refractivity contribution >= 4 is 21.7 Å². The topological polar surface area (TPSA) is 118 Å². The lowest BCUT2D eigenvalue weighted by atomic mass is 10.0. The van der Waals surface area contributed by atoms with Gasteiger partial charge in [-0.15, -0.1) is 0 Å². The third kappa shape index (κ3) is 3.35. The van der Waals surface area contributed by atoms with E-state index in [1.165, 1.54) is 26.0 Å². The standard InChI is InChI=1S/C14H18N2O6S/c1-9-6-12(16(19)20)7-10(2)13(9)23(21,22)15-5-3-4-11(8-15)14(17)18/h6-7,11H,3-5,8H2,1-2H3,(H,17,18). The lowest BCUT2D eigenvalue weighted by Gasteiger charge is -2.30. The number of carbonyl (C=O) groups is 1. The van der Waals surface area contributed by atoms with Gasteiger partial charge in [0.25, 0.3) is 5.69 Å². The fourth-order valence-corrected chi connectivity index (χ4v) is 4.87. The molecular formula is C14H18N2O6S. The number of benzene rings is 1. The Hall–Kier alpha value is -2.00. The fourth-order valence-electron chi connectivity index (χ4n) is 2.93. The molecule has 1 aliphatic heterocycles. The van der Waals surface area contributed by atoms with Gasteiger partial charge in [-0.05, 0) is 37.8 Å². The highest BCUT2D eigenvalue weighted by molar-refractivity contribution is 7.89. The molecule has 23 heavy (non-hydrogen) atoms. The Morgan fingerprint density at radius 2 is 1.91 bits per heavy atom. The fraction of sp³-hybridized carbons (Fsp3) is 0.500. The lowest BCUT2D eigenvalue weighted by Crippen LogP contribution is -2.42. The molecule has 0 bridgehead atoms. The van der Waals surface area contributed by atoms with Crippen molar-refractivity contribution in [2.45, 2.75) is 31.6 Å². The minimum absolute atomic E-state index is 0.0224. The molecule has 1 aromatic carbocycles. The van der Waals surface area contributed by atoms with Crippen LogP contribution in [0, 0.1) is 29.9 Å². The average Bonchev–Trinajstić information content (AvgIpc) is 2.46. The van der Waals surface area contributed by atoms with E-state index in [1.807, 2.05) is 0 Å². The van der Waals surface area contributed by atoms with E-state index in [0.717, 1.165) is 4.31 Å². The van der Waals surface area contributed by atoms with E-state index in [-0.39, 0.29) is 34.8 Å². The molecule has 9 heteroatoms. The van der Waals surface area contributed by atoms with Crippen LogP contribution in [0.15, 0.2) is 17.0 Å². The summed E-state index contributed by atoms with van der Waals surface area (Å²) in [6.45, 7) is 3.19. The quantitative estimate of drug-likeness (QED) is 0.657. The summed E-state index contributed by atoms with van der Waals surface area (Å²) < 4.78 is 26.8. The summed E-state index contributed by atoms with van der Waals surface area (Å²) in [6, 6.07) is 2.44. The molecule has 0 spiro atoms. The van der Waals surface area contributed by atoms with Crippen LogP contribution in [0.5, 0.6) is 0 Å². The zero-order valence-electron chi connectivity index (χ0n) is 12.9. The van der Waals surface area contributed by atoms with Crippen molar-refractivity contribution < 1.29 is 23.2 Å². The summed E-state index contributed by atoms with van der Waals surface area (Å²) >= 11 is 0. The van der Waals surface area contributed by atoms with Crippen LogP contribution in [0.3, 0.4) is 0 Å². The zero-order valence-corrected chi connectivity index (χ0v) is 13.7. The molecule has 0 aliphatic carbocycles. The Balaban J connectivity index is 2.44. The molecule has 0 saturated carbocycles. The van der Waals surface area contributed by atoms with E-state index in [4.69, 9.17) is 5.11 Å². The van der Waals surface area contributed by atoms with Crippen molar-refractivity contribution in [2.75, 3.05) is 13.1 Å². The third-order valence-electron chi connectivity index (χ3n) is 3.99. The number of sulfonamides is 1. The van der Waals surface area contributed by atoms with Gasteiger partial charge in [0.1, 0.15) is 0 Å². The number of rotatable bonds is 4. The summed E-state index contributed by atoms with van der Waals surface area (Å²) in [5.41, 5.74) is 0.407. The smallest absolute Gasteiger partial charge is 0.307 e. The molecule has 1 saturated heterocycles. The lowest BCUT2D eigenvalue weighted by molar-refractivity contribution is -0.385. The molecule has 0 amide bonds. The maximum Gasteiger partial charge on any atom is 0.307 e. The summed E-state index contributed by atoms with van der Waals surface area (Å²) in [4.78, 5) is 21.4. The molecule has 1 unspecified atom stereocenters. The first-order valence-electron chi connectivity index (χ1n) is 7.13. The van der Waals surface area contributed by atoms with Gasteiger partial charge in [0.05, 0.1) is 15.7 Å². The molecule has 1 heterocycles. The van der Waals surface area contributed by atoms with E-state index < -0.39 is 26.8 Å². The normalized spacial score (nSPS) is 19.5. The predicted octanol–water partition coefficient (Wildman–Crippen LogP) is 1.70. The van der Waals surface area contributed by atoms with Crippen molar-refractivity contribution in [1.82, 2.24) is 4.31 Å². The van der Waals surface area contributed by atoms with Crippen LogP contribution < -0.4 is 0 Å². The molecule has 8 nitrogen and oxygen atoms in total. The van der Waals surface area contributed by atoms with Gasteiger partial charge in [-0.2, -0.15) is 4.31 Å². The molecule has 1 atom stereocenters. The molecule has 1 aliphatic rings. The predicted molar refractivity (Wildman–Crippen MR) is 81.7 cm³/mol. The van der Waals surface area contributed by atoms with Crippen LogP contribution in [-0.2, 0) is 14.8 Å². The van der Waals surface area contributed by atoms with Crippen LogP contribution >= 0.6 is 0 Å². The van der Waals surface area contributed by atoms with Crippen molar-refractivity contribution in [3.8, 4) is 0 Å². The van der Waals surface area contributed by atoms with E-state index in [2.05, 4.69) is 0 Å². The highest BCUT2D eigenvalue weighted by atomic mass is 32.2. The maximum atomic E-state index is 12.8. The van der Waals surface area contributed by atoms with E-state index in [0.29, 0.717) is 12.8 Å². The summed E-state index contributed by atoms with van der Waals surface area (Å²) in [5.74, 6) is -1.74. The van der Waals surface area contributed by atoms with E-state index >= 15 is 0 Å². The minimum Gasteiger partial charge on any atom is -0.481 e. The van der Waals surface area contributed by atoms with Gasteiger partial charge in [-0.3, -0.25) is 14.9 Å². The number of hydrogen-bond acceptors (Lipinski definition) is 5. The Morgan fingerprint density at radius 1 is 1.35 bits per heavy atom. The second kappa shape index (κ2) is 6.25. The number of hydrogen-bond donors (Lipinski definition) is 1. The molecular weight excluding hydrogens is 324 g/mol. The average molecular weight is 342 g/mol. The van der Waals surface area contributed by atoms with Crippen molar-refractivity contribution in [2.24, 2.45) is 5.92 Å². The molecule has 126 valence electrons. The Morgan fingerprint density at radius 3 is 2.39 bits per heavy atom. The number of non-ortho nitro benzene ring substituents is 1. The largest absolute Gasteiger partial charge is 0.481 e. The zero-order chi connectivity index (χ0) is 17.4. The number of aliphatic carboxylic acids is 1. The van der Waals surface area contributed by atoms with Gasteiger partial charge >= 0.3 is 5.97 Å². The van der Waals surface area contributed by atoms with Crippen LogP contribution in [0.25, 0.3) is 0 Å². The van der Waals surface area contributed by atoms with E-state index in [9.17, 15) is 23.3 Å². The van der Waals surface area contributed by atoms with Gasteiger partial charge in [0, 0.05) is 25.2 Å². The van der Waals surface area contributed by atoms with Crippen molar-refractivity contribution in [1.29, 1.82) is 0 Å². The van der Waals surface area contributed by atoms with Gasteiger partial charge in [-0.25, -0.2) is 8.42 Å². The number of nitro groups is 1. The van der Waals surface area contributed by atoms with Crippen molar-refractivity contribution in [3.63, 3.8) is 0 Å². The number of nitrogens with zero attached hydrogens (tertiary/aromatic N) is 2. The van der Waals surface area contributed by atoms with Crippen LogP contribution in [-0.4, -0.2) is 41.8 Å². The molecule has 2 rings (SSSR count). The molecule has 1 aromatic rings. The highest BCUT2D eigenvalue weighted by Crippen LogP contribution is 2.30. The third-order valence-corrected chi connectivity index (χ3v) is 6.16. The summed E-state index contributed by atoms with van der Waals surface area (Å²) in [7, 11) is -3.88. The second-order valence-corrected chi connectivity index (χ2v) is 7.58. The van der Waals surface area contributed by atoms with Crippen molar-refractivity contribution in [3.05, 3.63) is 33.4 Å².